The van der Waals surface area contributed by atoms with E-state index in [0.29, 0.717) is 23.1 Å². The van der Waals surface area contributed by atoms with Gasteiger partial charge in [0, 0.05) is 24.2 Å². The van der Waals surface area contributed by atoms with E-state index in [4.69, 9.17) is 11.6 Å². The number of aromatic hydroxyl groups is 1. The summed E-state index contributed by atoms with van der Waals surface area (Å²) in [5.41, 5.74) is 1.57. The predicted octanol–water partition coefficient (Wildman–Crippen LogP) is 5.06. The van der Waals surface area contributed by atoms with Crippen LogP contribution in [-0.2, 0) is 37.0 Å². The van der Waals surface area contributed by atoms with Gasteiger partial charge >= 0.3 is 6.18 Å². The third kappa shape index (κ3) is 8.96. The van der Waals surface area contributed by atoms with Crippen molar-refractivity contribution in [2.45, 2.75) is 57.7 Å². The van der Waals surface area contributed by atoms with Gasteiger partial charge in [0.1, 0.15) is 5.75 Å². The Kier molecular flexibility index (Phi) is 10.0. The molecular formula is C29H32ClF3N2O4. The van der Waals surface area contributed by atoms with E-state index in [9.17, 15) is 33.3 Å². The van der Waals surface area contributed by atoms with E-state index in [2.05, 4.69) is 10.6 Å². The van der Waals surface area contributed by atoms with Crippen LogP contribution >= 0.6 is 11.6 Å². The van der Waals surface area contributed by atoms with Crippen LogP contribution in [0.3, 0.4) is 0 Å². The van der Waals surface area contributed by atoms with Crippen molar-refractivity contribution < 1.29 is 33.3 Å². The molecule has 0 bridgehead atoms. The number of carbonyl (C=O) groups is 1. The van der Waals surface area contributed by atoms with Crippen LogP contribution in [0, 0.1) is 0 Å². The number of β-amino-alcohol motifs (C(OH)–C–C–N with tert-alkyl or cyclic N) is 1. The van der Waals surface area contributed by atoms with Crippen molar-refractivity contribution in [3.05, 3.63) is 99.1 Å². The highest BCUT2D eigenvalue weighted by atomic mass is 35.5. The zero-order chi connectivity index (χ0) is 28.8. The SMILES string of the molecule is CC(C)(Cc1cccc(CC(=O)NCc2ccc(Cl)c(C(F)(F)F)c2)c1)NC[C@@H](O)c1ccc(O)c(CO)c1. The summed E-state index contributed by atoms with van der Waals surface area (Å²) in [6, 6.07) is 15.6. The first-order chi connectivity index (χ1) is 18.3. The molecule has 3 aromatic rings. The molecule has 0 saturated carbocycles. The van der Waals surface area contributed by atoms with Crippen molar-refractivity contribution in [3.63, 3.8) is 0 Å². The molecule has 0 fully saturated rings. The van der Waals surface area contributed by atoms with E-state index in [0.717, 1.165) is 17.2 Å². The highest BCUT2D eigenvalue weighted by Crippen LogP contribution is 2.35. The van der Waals surface area contributed by atoms with E-state index in [1.165, 1.54) is 18.2 Å². The first-order valence-electron chi connectivity index (χ1n) is 12.3. The number of carbonyl (C=O) groups excluding carboxylic acids is 1. The van der Waals surface area contributed by atoms with E-state index in [1.54, 1.807) is 18.2 Å². The summed E-state index contributed by atoms with van der Waals surface area (Å²) in [6.45, 7) is 3.82. The van der Waals surface area contributed by atoms with Crippen molar-refractivity contribution in [3.8, 4) is 5.75 Å². The topological polar surface area (TPSA) is 102 Å². The number of alkyl halides is 3. The van der Waals surface area contributed by atoms with Crippen molar-refractivity contribution in [1.82, 2.24) is 10.6 Å². The molecule has 0 heterocycles. The third-order valence-corrected chi connectivity index (χ3v) is 6.59. The Labute approximate surface area is 230 Å². The second-order valence-electron chi connectivity index (χ2n) is 10.1. The Morgan fingerprint density at radius 2 is 1.72 bits per heavy atom. The second kappa shape index (κ2) is 12.8. The summed E-state index contributed by atoms with van der Waals surface area (Å²) < 4.78 is 39.2. The number of aliphatic hydroxyl groups excluding tert-OH is 2. The molecule has 0 unspecified atom stereocenters. The number of halogens is 4. The van der Waals surface area contributed by atoms with Crippen molar-refractivity contribution in [2.75, 3.05) is 6.54 Å². The molecule has 10 heteroatoms. The monoisotopic (exact) mass is 564 g/mol. The van der Waals surface area contributed by atoms with Gasteiger partial charge in [-0.05, 0) is 66.8 Å². The summed E-state index contributed by atoms with van der Waals surface area (Å²) in [6.07, 6.45) is -4.77. The largest absolute Gasteiger partial charge is 0.508 e. The number of nitrogens with one attached hydrogen (secondary N) is 2. The van der Waals surface area contributed by atoms with Gasteiger partial charge in [0.25, 0.3) is 0 Å². The standard InChI is InChI=1S/C29H32ClF3N2O4/c1-28(2,35-16-26(38)21-7-9-25(37)22(13-21)17-36)14-19-5-3-4-18(10-19)12-27(39)34-15-20-6-8-24(30)23(11-20)29(31,32)33/h3-11,13,26,35-38H,12,14-17H2,1-2H3,(H,34,39)/t26-/m1/s1. The Morgan fingerprint density at radius 1 is 1.00 bits per heavy atom. The summed E-state index contributed by atoms with van der Waals surface area (Å²) in [5, 5.41) is 35.2. The van der Waals surface area contributed by atoms with Gasteiger partial charge in [-0.2, -0.15) is 13.2 Å². The average Bonchev–Trinajstić information content (AvgIpc) is 2.86. The molecule has 0 saturated heterocycles. The van der Waals surface area contributed by atoms with Crippen LogP contribution in [0.2, 0.25) is 5.02 Å². The molecule has 0 aliphatic rings. The molecule has 1 atom stereocenters. The summed E-state index contributed by atoms with van der Waals surface area (Å²) in [7, 11) is 0. The molecule has 0 aliphatic carbocycles. The van der Waals surface area contributed by atoms with Crippen LogP contribution in [0.1, 0.15) is 53.3 Å². The number of aliphatic hydroxyl groups is 2. The maximum Gasteiger partial charge on any atom is 0.417 e. The highest BCUT2D eigenvalue weighted by Gasteiger charge is 2.33. The van der Waals surface area contributed by atoms with Crippen molar-refractivity contribution >= 4 is 17.5 Å². The normalized spacial score (nSPS) is 12.8. The van der Waals surface area contributed by atoms with Crippen LogP contribution in [-0.4, -0.2) is 33.3 Å². The van der Waals surface area contributed by atoms with Gasteiger partial charge in [0.05, 0.1) is 29.7 Å². The summed E-state index contributed by atoms with van der Waals surface area (Å²) in [5.74, 6) is -0.358. The number of amides is 1. The van der Waals surface area contributed by atoms with Crippen LogP contribution in [0.4, 0.5) is 13.2 Å². The van der Waals surface area contributed by atoms with Crippen LogP contribution in [0.5, 0.6) is 5.75 Å². The van der Waals surface area contributed by atoms with Gasteiger partial charge < -0.3 is 26.0 Å². The number of rotatable bonds is 11. The van der Waals surface area contributed by atoms with Gasteiger partial charge in [-0.1, -0.05) is 48.0 Å². The van der Waals surface area contributed by atoms with Gasteiger partial charge in [0.15, 0.2) is 0 Å². The number of benzene rings is 3. The third-order valence-electron chi connectivity index (χ3n) is 6.26. The first-order valence-corrected chi connectivity index (χ1v) is 12.7. The molecular weight excluding hydrogens is 533 g/mol. The minimum absolute atomic E-state index is 0.0316. The number of hydrogen-bond acceptors (Lipinski definition) is 5. The van der Waals surface area contributed by atoms with Crippen LogP contribution in [0.25, 0.3) is 0 Å². The summed E-state index contributed by atoms with van der Waals surface area (Å²) in [4.78, 5) is 12.5. The van der Waals surface area contributed by atoms with E-state index >= 15 is 0 Å². The number of phenols is 1. The lowest BCUT2D eigenvalue weighted by Crippen LogP contribution is -2.43. The Morgan fingerprint density at radius 3 is 2.41 bits per heavy atom. The Bertz CT molecular complexity index is 1300. The lowest BCUT2D eigenvalue weighted by Gasteiger charge is -2.28. The molecule has 3 aromatic carbocycles. The van der Waals surface area contributed by atoms with E-state index in [-0.39, 0.29) is 37.8 Å². The maximum atomic E-state index is 13.1. The Balaban J connectivity index is 1.55. The summed E-state index contributed by atoms with van der Waals surface area (Å²) >= 11 is 5.65. The Hall–Kier alpha value is -3.11. The maximum absolute atomic E-state index is 13.1. The van der Waals surface area contributed by atoms with Gasteiger partial charge in [-0.25, -0.2) is 0 Å². The number of hydrogen-bond donors (Lipinski definition) is 5. The molecule has 0 spiro atoms. The van der Waals surface area contributed by atoms with E-state index in [1.807, 2.05) is 32.0 Å². The average molecular weight is 565 g/mol. The quantitative estimate of drug-likeness (QED) is 0.224. The van der Waals surface area contributed by atoms with Crippen LogP contribution < -0.4 is 10.6 Å². The molecule has 5 N–H and O–H groups in total. The highest BCUT2D eigenvalue weighted by molar-refractivity contribution is 6.31. The molecule has 3 rings (SSSR count). The minimum Gasteiger partial charge on any atom is -0.508 e. The zero-order valence-corrected chi connectivity index (χ0v) is 22.4. The first kappa shape index (κ1) is 30.4. The molecule has 0 aliphatic heterocycles. The van der Waals surface area contributed by atoms with Gasteiger partial charge in [-0.3, -0.25) is 4.79 Å². The van der Waals surface area contributed by atoms with Gasteiger partial charge in [-0.15, -0.1) is 0 Å². The van der Waals surface area contributed by atoms with Crippen LogP contribution in [0.15, 0.2) is 60.7 Å². The van der Waals surface area contributed by atoms with Gasteiger partial charge in [0.2, 0.25) is 5.91 Å². The van der Waals surface area contributed by atoms with Crippen molar-refractivity contribution in [1.29, 1.82) is 0 Å². The second-order valence-corrected chi connectivity index (χ2v) is 10.5. The molecule has 210 valence electrons. The lowest BCUT2D eigenvalue weighted by atomic mass is 9.93. The smallest absolute Gasteiger partial charge is 0.417 e. The van der Waals surface area contributed by atoms with E-state index < -0.39 is 28.4 Å². The molecule has 6 nitrogen and oxygen atoms in total. The fraction of sp³-hybridized carbons (Fsp3) is 0.345. The minimum atomic E-state index is -4.58. The predicted molar refractivity (Wildman–Crippen MR) is 143 cm³/mol. The lowest BCUT2D eigenvalue weighted by molar-refractivity contribution is -0.137. The molecule has 0 aromatic heterocycles. The van der Waals surface area contributed by atoms with Crippen molar-refractivity contribution in [2.24, 2.45) is 0 Å². The molecule has 1 amide bonds. The fourth-order valence-electron chi connectivity index (χ4n) is 4.20. The zero-order valence-electron chi connectivity index (χ0n) is 21.6. The fourth-order valence-corrected chi connectivity index (χ4v) is 4.43. The molecule has 39 heavy (non-hydrogen) atoms. The molecule has 0 radical (unpaired) electrons.